The van der Waals surface area contributed by atoms with Gasteiger partial charge in [-0.25, -0.2) is 9.37 Å². The van der Waals surface area contributed by atoms with Crippen LogP contribution in [0.15, 0.2) is 61.1 Å². The monoisotopic (exact) mass is 315 g/mol. The summed E-state index contributed by atoms with van der Waals surface area (Å²) in [4.78, 5) is 16.3. The smallest absolute Gasteiger partial charge is 0.274 e. The highest BCUT2D eigenvalue weighted by atomic mass is 35.5. The minimum absolute atomic E-state index is 0.0650. The maximum Gasteiger partial charge on any atom is 0.274 e. The molecule has 0 aliphatic heterocycles. The molecule has 0 radical (unpaired) electrons. The molecule has 0 saturated heterocycles. The molecule has 0 unspecified atom stereocenters. The highest BCUT2D eigenvalue weighted by molar-refractivity contribution is 6.30. The van der Waals surface area contributed by atoms with Crippen molar-refractivity contribution in [3.05, 3.63) is 77.6 Å². The summed E-state index contributed by atoms with van der Waals surface area (Å²) in [5.41, 5.74) is 1.16. The fourth-order valence-corrected chi connectivity index (χ4v) is 2.19. The van der Waals surface area contributed by atoms with E-state index in [4.69, 9.17) is 11.6 Å². The zero-order chi connectivity index (χ0) is 15.5. The molecule has 6 heteroatoms. The molecule has 0 saturated carbocycles. The van der Waals surface area contributed by atoms with Crippen LogP contribution in [0.25, 0.3) is 5.69 Å². The number of nitrogens with zero attached hydrogens (tertiary/aromatic N) is 2. The summed E-state index contributed by atoms with van der Waals surface area (Å²) in [7, 11) is 0. The molecule has 0 aliphatic rings. The molecule has 1 heterocycles. The highest BCUT2D eigenvalue weighted by Crippen LogP contribution is 2.20. The summed E-state index contributed by atoms with van der Waals surface area (Å²) in [5, 5.41) is 2.78. The Morgan fingerprint density at radius 2 is 1.95 bits per heavy atom. The number of aromatic nitrogens is 2. The second kappa shape index (κ2) is 5.99. The van der Waals surface area contributed by atoms with Gasteiger partial charge in [0.2, 0.25) is 0 Å². The third kappa shape index (κ3) is 2.84. The molecule has 0 spiro atoms. The fourth-order valence-electron chi connectivity index (χ4n) is 2.03. The number of nitrogens with one attached hydrogen (secondary N) is 1. The Morgan fingerprint density at radius 1 is 1.18 bits per heavy atom. The molecular formula is C16H11ClFN3O. The van der Waals surface area contributed by atoms with E-state index < -0.39 is 11.7 Å². The lowest BCUT2D eigenvalue weighted by Gasteiger charge is -2.09. The first-order valence-corrected chi connectivity index (χ1v) is 6.87. The summed E-state index contributed by atoms with van der Waals surface area (Å²) in [6.07, 6.45) is 2.96. The maximum absolute atomic E-state index is 13.8. The van der Waals surface area contributed by atoms with Gasteiger partial charge in [-0.1, -0.05) is 29.8 Å². The number of hydrogen-bond donors (Lipinski definition) is 1. The van der Waals surface area contributed by atoms with Crippen molar-refractivity contribution in [1.29, 1.82) is 0 Å². The Hall–Kier alpha value is -2.66. The van der Waals surface area contributed by atoms with Gasteiger partial charge in [-0.3, -0.25) is 9.36 Å². The van der Waals surface area contributed by atoms with Gasteiger partial charge in [0.1, 0.15) is 11.5 Å². The van der Waals surface area contributed by atoms with Crippen LogP contribution in [-0.4, -0.2) is 15.5 Å². The van der Waals surface area contributed by atoms with E-state index in [1.54, 1.807) is 4.57 Å². The largest absolute Gasteiger partial charge is 0.318 e. The number of amides is 1. The minimum Gasteiger partial charge on any atom is -0.318 e. The predicted octanol–water partition coefficient (Wildman–Crippen LogP) is 3.92. The first kappa shape index (κ1) is 14.3. The van der Waals surface area contributed by atoms with Gasteiger partial charge >= 0.3 is 0 Å². The number of para-hydroxylation sites is 1. The van der Waals surface area contributed by atoms with Crippen LogP contribution < -0.4 is 5.32 Å². The Morgan fingerprint density at radius 3 is 2.68 bits per heavy atom. The predicted molar refractivity (Wildman–Crippen MR) is 82.9 cm³/mol. The van der Waals surface area contributed by atoms with Gasteiger partial charge in [0, 0.05) is 10.7 Å². The van der Waals surface area contributed by atoms with Gasteiger partial charge in [-0.2, -0.15) is 0 Å². The molecule has 1 aromatic heterocycles. The van der Waals surface area contributed by atoms with Crippen molar-refractivity contribution in [3.63, 3.8) is 0 Å². The number of imidazole rings is 1. The van der Waals surface area contributed by atoms with E-state index in [0.717, 1.165) is 11.8 Å². The fraction of sp³-hybridized carbons (Fsp3) is 0. The van der Waals surface area contributed by atoms with Crippen LogP contribution in [0.2, 0.25) is 5.02 Å². The zero-order valence-corrected chi connectivity index (χ0v) is 12.1. The number of benzene rings is 2. The summed E-state index contributed by atoms with van der Waals surface area (Å²) in [6.45, 7) is 0. The molecule has 3 rings (SSSR count). The lowest BCUT2D eigenvalue weighted by Crippen LogP contribution is -2.16. The Kier molecular flexibility index (Phi) is 3.89. The van der Waals surface area contributed by atoms with Gasteiger partial charge in [0.25, 0.3) is 5.91 Å². The van der Waals surface area contributed by atoms with Crippen molar-refractivity contribution in [2.75, 3.05) is 5.32 Å². The SMILES string of the molecule is O=C(Nc1ccc(Cl)cc1F)c1cncn1-c1ccccc1. The Bertz CT molecular complexity index is 817. The molecule has 0 fully saturated rings. The van der Waals surface area contributed by atoms with Crippen LogP contribution >= 0.6 is 11.6 Å². The molecule has 3 aromatic rings. The van der Waals surface area contributed by atoms with E-state index in [9.17, 15) is 9.18 Å². The van der Waals surface area contributed by atoms with E-state index in [2.05, 4.69) is 10.3 Å². The normalized spacial score (nSPS) is 10.5. The third-order valence-corrected chi connectivity index (χ3v) is 3.32. The van der Waals surface area contributed by atoms with Crippen LogP contribution in [0, 0.1) is 5.82 Å². The van der Waals surface area contributed by atoms with E-state index in [-0.39, 0.29) is 10.7 Å². The summed E-state index contributed by atoms with van der Waals surface area (Å²) in [6, 6.07) is 13.4. The number of hydrogen-bond acceptors (Lipinski definition) is 2. The summed E-state index contributed by atoms with van der Waals surface area (Å²) < 4.78 is 15.4. The van der Waals surface area contributed by atoms with Gasteiger partial charge in [-0.05, 0) is 30.3 Å². The molecule has 2 aromatic carbocycles. The topological polar surface area (TPSA) is 46.9 Å². The maximum atomic E-state index is 13.8. The summed E-state index contributed by atoms with van der Waals surface area (Å²) >= 11 is 5.69. The third-order valence-electron chi connectivity index (χ3n) is 3.08. The Labute approximate surface area is 131 Å². The lowest BCUT2D eigenvalue weighted by molar-refractivity contribution is 0.102. The molecule has 0 bridgehead atoms. The average Bonchev–Trinajstić information content (AvgIpc) is 3.00. The van der Waals surface area contributed by atoms with Crippen LogP contribution in [-0.2, 0) is 0 Å². The average molecular weight is 316 g/mol. The highest BCUT2D eigenvalue weighted by Gasteiger charge is 2.15. The van der Waals surface area contributed by atoms with Crippen LogP contribution in [0.1, 0.15) is 10.5 Å². The van der Waals surface area contributed by atoms with Crippen molar-refractivity contribution >= 4 is 23.2 Å². The van der Waals surface area contributed by atoms with E-state index in [1.165, 1.54) is 24.7 Å². The molecule has 0 atom stereocenters. The van der Waals surface area contributed by atoms with Crippen molar-refractivity contribution in [2.45, 2.75) is 0 Å². The van der Waals surface area contributed by atoms with Gasteiger partial charge < -0.3 is 5.32 Å². The Balaban J connectivity index is 1.89. The van der Waals surface area contributed by atoms with Crippen LogP contribution in [0.5, 0.6) is 0 Å². The van der Waals surface area contributed by atoms with Gasteiger partial charge in [-0.15, -0.1) is 0 Å². The number of halogens is 2. The van der Waals surface area contributed by atoms with Gasteiger partial charge in [0.05, 0.1) is 18.2 Å². The molecular weight excluding hydrogens is 305 g/mol. The number of anilines is 1. The number of carbonyl (C=O) groups is 1. The number of carbonyl (C=O) groups excluding carboxylic acids is 1. The van der Waals surface area contributed by atoms with Crippen LogP contribution in [0.3, 0.4) is 0 Å². The number of rotatable bonds is 3. The molecule has 1 amide bonds. The second-order valence-corrected chi connectivity index (χ2v) is 5.00. The summed E-state index contributed by atoms with van der Waals surface area (Å²) in [5.74, 6) is -1.05. The van der Waals surface area contributed by atoms with E-state index in [1.807, 2.05) is 30.3 Å². The van der Waals surface area contributed by atoms with Crippen molar-refractivity contribution in [1.82, 2.24) is 9.55 Å². The van der Waals surface area contributed by atoms with Gasteiger partial charge in [0.15, 0.2) is 0 Å². The van der Waals surface area contributed by atoms with Crippen LogP contribution in [0.4, 0.5) is 10.1 Å². The van der Waals surface area contributed by atoms with E-state index >= 15 is 0 Å². The van der Waals surface area contributed by atoms with Crippen molar-refractivity contribution < 1.29 is 9.18 Å². The van der Waals surface area contributed by atoms with Crippen molar-refractivity contribution in [2.24, 2.45) is 0 Å². The molecule has 0 aliphatic carbocycles. The molecule has 22 heavy (non-hydrogen) atoms. The first-order valence-electron chi connectivity index (χ1n) is 6.49. The standard InChI is InChI=1S/C16H11ClFN3O/c17-11-6-7-14(13(18)8-11)20-16(22)15-9-19-10-21(15)12-4-2-1-3-5-12/h1-10H,(H,20,22). The zero-order valence-electron chi connectivity index (χ0n) is 11.3. The second-order valence-electron chi connectivity index (χ2n) is 4.56. The lowest BCUT2D eigenvalue weighted by atomic mass is 10.2. The first-order chi connectivity index (χ1) is 10.6. The quantitative estimate of drug-likeness (QED) is 0.796. The molecule has 4 nitrogen and oxygen atoms in total. The van der Waals surface area contributed by atoms with E-state index in [0.29, 0.717) is 5.69 Å². The van der Waals surface area contributed by atoms with Crippen molar-refractivity contribution in [3.8, 4) is 5.69 Å². The minimum atomic E-state index is -0.591. The molecule has 110 valence electrons. The molecule has 1 N–H and O–H groups in total.